The van der Waals surface area contributed by atoms with Crippen molar-refractivity contribution in [1.82, 2.24) is 4.90 Å². The molecule has 2 aliphatic rings. The zero-order valence-electron chi connectivity index (χ0n) is 14.0. The maximum absolute atomic E-state index is 12.7. The molecule has 0 atom stereocenters. The van der Waals surface area contributed by atoms with Crippen LogP contribution in [0.2, 0.25) is 0 Å². The lowest BCUT2D eigenvalue weighted by atomic mass is 9.97. The highest BCUT2D eigenvalue weighted by molar-refractivity contribution is 8.18. The average molecular weight is 348 g/mol. The van der Waals surface area contributed by atoms with E-state index in [9.17, 15) is 4.79 Å². The normalized spacial score (nSPS) is 19.3. The van der Waals surface area contributed by atoms with Crippen LogP contribution in [0.15, 0.2) is 70.6 Å². The number of allylic oxidation sites excluding steroid dienone is 1. The van der Waals surface area contributed by atoms with Crippen LogP contribution in [0, 0.1) is 0 Å². The number of amidine groups is 1. The van der Waals surface area contributed by atoms with Crippen LogP contribution in [-0.2, 0) is 11.2 Å². The van der Waals surface area contributed by atoms with Gasteiger partial charge in [0.1, 0.15) is 0 Å². The number of carbonyl (C=O) groups excluding carboxylic acids is 1. The summed E-state index contributed by atoms with van der Waals surface area (Å²) in [4.78, 5) is 20.0. The molecule has 0 spiro atoms. The highest BCUT2D eigenvalue weighted by atomic mass is 32.2. The molecule has 2 aliphatic heterocycles. The van der Waals surface area contributed by atoms with E-state index in [2.05, 4.69) is 34.2 Å². The molecule has 25 heavy (non-hydrogen) atoms. The first-order valence-electron chi connectivity index (χ1n) is 8.69. The smallest absolute Gasteiger partial charge is 0.286 e. The van der Waals surface area contributed by atoms with Gasteiger partial charge in [-0.15, -0.1) is 0 Å². The van der Waals surface area contributed by atoms with Gasteiger partial charge < -0.3 is 4.90 Å². The summed E-state index contributed by atoms with van der Waals surface area (Å²) in [6.45, 7) is 2.01. The first-order valence-corrected chi connectivity index (χ1v) is 9.51. The van der Waals surface area contributed by atoms with Crippen molar-refractivity contribution < 1.29 is 4.79 Å². The van der Waals surface area contributed by atoms with Crippen LogP contribution in [0.3, 0.4) is 0 Å². The Morgan fingerprint density at radius 3 is 2.28 bits per heavy atom. The fourth-order valence-electron chi connectivity index (χ4n) is 3.28. The van der Waals surface area contributed by atoms with Gasteiger partial charge in [0, 0.05) is 13.1 Å². The number of benzene rings is 2. The summed E-state index contributed by atoms with van der Waals surface area (Å²) >= 11 is 1.54. The molecule has 1 saturated heterocycles. The molecular weight excluding hydrogens is 328 g/mol. The van der Waals surface area contributed by atoms with E-state index in [1.807, 2.05) is 36.4 Å². The topological polar surface area (TPSA) is 32.7 Å². The van der Waals surface area contributed by atoms with Gasteiger partial charge in [0.15, 0.2) is 5.17 Å². The van der Waals surface area contributed by atoms with Crippen molar-refractivity contribution in [2.75, 3.05) is 13.1 Å². The Morgan fingerprint density at radius 2 is 1.60 bits per heavy atom. The van der Waals surface area contributed by atoms with E-state index in [0.29, 0.717) is 0 Å². The second-order valence-electron chi connectivity index (χ2n) is 6.33. The molecule has 3 nitrogen and oxygen atoms in total. The van der Waals surface area contributed by atoms with Crippen LogP contribution >= 0.6 is 11.8 Å². The molecule has 0 bridgehead atoms. The van der Waals surface area contributed by atoms with Crippen LogP contribution in [0.5, 0.6) is 0 Å². The number of thioether (sulfide) groups is 1. The third-order valence-electron chi connectivity index (χ3n) is 4.58. The summed E-state index contributed by atoms with van der Waals surface area (Å²) in [6, 6.07) is 20.5. The van der Waals surface area contributed by atoms with Gasteiger partial charge in [-0.2, -0.15) is 4.99 Å². The van der Waals surface area contributed by atoms with E-state index in [0.717, 1.165) is 40.7 Å². The van der Waals surface area contributed by atoms with Gasteiger partial charge in [-0.05, 0) is 47.7 Å². The maximum Gasteiger partial charge on any atom is 0.286 e. The lowest BCUT2D eigenvalue weighted by Crippen LogP contribution is -2.23. The predicted molar refractivity (Wildman–Crippen MR) is 104 cm³/mol. The van der Waals surface area contributed by atoms with Crippen LogP contribution in [0.1, 0.15) is 24.0 Å². The Bertz CT molecular complexity index is 821. The number of carbonyl (C=O) groups is 1. The summed E-state index contributed by atoms with van der Waals surface area (Å²) in [5.41, 5.74) is 3.37. The fourth-order valence-corrected chi connectivity index (χ4v) is 4.35. The minimum atomic E-state index is -0.0957. The van der Waals surface area contributed by atoms with Crippen LogP contribution < -0.4 is 0 Å². The number of hydrogen-bond donors (Lipinski definition) is 0. The van der Waals surface area contributed by atoms with Crippen molar-refractivity contribution in [2.24, 2.45) is 4.99 Å². The Hall–Kier alpha value is -2.33. The zero-order chi connectivity index (χ0) is 17.1. The van der Waals surface area contributed by atoms with Gasteiger partial charge in [0.2, 0.25) is 0 Å². The first-order chi connectivity index (χ1) is 12.3. The molecule has 0 radical (unpaired) electrons. The van der Waals surface area contributed by atoms with Crippen molar-refractivity contribution in [2.45, 2.75) is 19.3 Å². The van der Waals surface area contributed by atoms with E-state index in [4.69, 9.17) is 0 Å². The molecule has 0 saturated carbocycles. The summed E-state index contributed by atoms with van der Waals surface area (Å²) in [7, 11) is 0. The predicted octanol–water partition coefficient (Wildman–Crippen LogP) is 4.37. The lowest BCUT2D eigenvalue weighted by molar-refractivity contribution is -0.113. The minimum absolute atomic E-state index is 0.0957. The molecule has 2 aromatic rings. The molecule has 0 unspecified atom stereocenters. The second-order valence-corrected chi connectivity index (χ2v) is 7.31. The molecule has 2 heterocycles. The molecule has 4 heteroatoms. The molecule has 0 aromatic heterocycles. The Morgan fingerprint density at radius 1 is 0.960 bits per heavy atom. The summed E-state index contributed by atoms with van der Waals surface area (Å²) in [5.74, 6) is -0.0957. The molecule has 2 aromatic carbocycles. The molecule has 1 amide bonds. The van der Waals surface area contributed by atoms with Crippen molar-refractivity contribution in [3.8, 4) is 0 Å². The number of amides is 1. The second kappa shape index (κ2) is 7.28. The highest BCUT2D eigenvalue weighted by Crippen LogP contribution is 2.37. The molecule has 126 valence electrons. The SMILES string of the molecule is O=C1N=C(N2CCCC2)S/C1=C(\Cc1ccccc1)c1ccccc1. The zero-order valence-corrected chi connectivity index (χ0v) is 14.8. The van der Waals surface area contributed by atoms with E-state index in [-0.39, 0.29) is 5.91 Å². The molecule has 4 rings (SSSR count). The van der Waals surface area contributed by atoms with E-state index in [1.165, 1.54) is 18.4 Å². The van der Waals surface area contributed by atoms with Gasteiger partial charge in [-0.3, -0.25) is 4.79 Å². The van der Waals surface area contributed by atoms with Gasteiger partial charge in [-0.25, -0.2) is 0 Å². The number of rotatable bonds is 3. The lowest BCUT2D eigenvalue weighted by Gasteiger charge is -2.16. The van der Waals surface area contributed by atoms with Gasteiger partial charge in [0.25, 0.3) is 5.91 Å². The Kier molecular flexibility index (Phi) is 4.70. The largest absolute Gasteiger partial charge is 0.351 e. The van der Waals surface area contributed by atoms with E-state index in [1.54, 1.807) is 11.8 Å². The molecule has 0 N–H and O–H groups in total. The highest BCUT2D eigenvalue weighted by Gasteiger charge is 2.30. The van der Waals surface area contributed by atoms with Crippen LogP contribution in [-0.4, -0.2) is 29.1 Å². The van der Waals surface area contributed by atoms with Crippen LogP contribution in [0.4, 0.5) is 0 Å². The monoisotopic (exact) mass is 348 g/mol. The Balaban J connectivity index is 1.70. The summed E-state index contributed by atoms with van der Waals surface area (Å²) in [6.07, 6.45) is 3.10. The quantitative estimate of drug-likeness (QED) is 0.772. The minimum Gasteiger partial charge on any atom is -0.351 e. The summed E-state index contributed by atoms with van der Waals surface area (Å²) in [5, 5.41) is 0.874. The standard InChI is InChI=1S/C21H20N2OS/c24-20-19(25-21(22-20)23-13-7-8-14-23)18(17-11-5-2-6-12-17)15-16-9-3-1-4-10-16/h1-6,9-12H,7-8,13-15H2/b19-18+. The van der Waals surface area contributed by atoms with Crippen molar-refractivity contribution >= 4 is 28.4 Å². The number of likely N-dealkylation sites (tertiary alicyclic amines) is 1. The Labute approximate surface area is 152 Å². The van der Waals surface area contributed by atoms with Crippen molar-refractivity contribution in [1.29, 1.82) is 0 Å². The van der Waals surface area contributed by atoms with Crippen molar-refractivity contribution in [3.05, 3.63) is 76.7 Å². The average Bonchev–Trinajstić information content (AvgIpc) is 3.31. The summed E-state index contributed by atoms with van der Waals surface area (Å²) < 4.78 is 0. The third kappa shape index (κ3) is 3.54. The van der Waals surface area contributed by atoms with Crippen molar-refractivity contribution in [3.63, 3.8) is 0 Å². The first kappa shape index (κ1) is 16.2. The van der Waals surface area contributed by atoms with Crippen LogP contribution in [0.25, 0.3) is 5.57 Å². The molecular formula is C21H20N2OS. The van der Waals surface area contributed by atoms with Gasteiger partial charge >= 0.3 is 0 Å². The van der Waals surface area contributed by atoms with Gasteiger partial charge in [0.05, 0.1) is 4.91 Å². The third-order valence-corrected chi connectivity index (χ3v) is 5.74. The van der Waals surface area contributed by atoms with Gasteiger partial charge in [-0.1, -0.05) is 60.7 Å². The van der Waals surface area contributed by atoms with E-state index < -0.39 is 0 Å². The number of nitrogens with zero attached hydrogens (tertiary/aromatic N) is 2. The fraction of sp³-hybridized carbons (Fsp3) is 0.238. The number of hydrogen-bond acceptors (Lipinski definition) is 3. The molecule has 1 fully saturated rings. The molecule has 0 aliphatic carbocycles. The number of aliphatic imine (C=N–C) groups is 1. The van der Waals surface area contributed by atoms with E-state index >= 15 is 0 Å². The maximum atomic E-state index is 12.7.